The van der Waals surface area contributed by atoms with Gasteiger partial charge in [0.15, 0.2) is 11.6 Å². The van der Waals surface area contributed by atoms with Gasteiger partial charge in [0, 0.05) is 30.3 Å². The average Bonchev–Trinajstić information content (AvgIpc) is 3.34. The second-order valence-electron chi connectivity index (χ2n) is 8.08. The monoisotopic (exact) mass is 403 g/mol. The van der Waals surface area contributed by atoms with Gasteiger partial charge in [-0.2, -0.15) is 8.78 Å². The quantitative estimate of drug-likeness (QED) is 0.792. The fourth-order valence-corrected chi connectivity index (χ4v) is 4.22. The minimum Gasteiger partial charge on any atom is -0.431 e. The molecule has 0 amide bonds. The maximum absolute atomic E-state index is 12.7. The van der Waals surface area contributed by atoms with E-state index < -0.39 is 6.61 Å². The molecule has 5 rings (SSSR count). The van der Waals surface area contributed by atoms with Crippen molar-refractivity contribution in [3.63, 3.8) is 0 Å². The van der Waals surface area contributed by atoms with E-state index in [1.165, 1.54) is 25.1 Å². The minimum absolute atomic E-state index is 0.0797. The van der Waals surface area contributed by atoms with Crippen LogP contribution in [0.3, 0.4) is 0 Å². The number of nitrogen functional groups attached to an aromatic ring is 1. The zero-order chi connectivity index (χ0) is 20.1. The van der Waals surface area contributed by atoms with E-state index in [4.69, 9.17) is 20.4 Å². The van der Waals surface area contributed by atoms with Crippen molar-refractivity contribution in [1.82, 2.24) is 15.0 Å². The lowest BCUT2D eigenvalue weighted by molar-refractivity contribution is -0.0494. The van der Waals surface area contributed by atoms with Crippen LogP contribution in [-0.4, -0.2) is 46.9 Å². The van der Waals surface area contributed by atoms with Crippen molar-refractivity contribution in [2.24, 2.45) is 5.92 Å². The Morgan fingerprint density at radius 3 is 2.76 bits per heavy atom. The number of rotatable bonds is 6. The maximum Gasteiger partial charge on any atom is 0.387 e. The summed E-state index contributed by atoms with van der Waals surface area (Å²) in [6.45, 7) is 0.679. The van der Waals surface area contributed by atoms with Gasteiger partial charge in [0.25, 0.3) is 0 Å². The first-order chi connectivity index (χ1) is 14.0. The third-order valence-corrected chi connectivity index (χ3v) is 6.05. The summed E-state index contributed by atoms with van der Waals surface area (Å²) in [7, 11) is 0. The molecule has 2 aromatic rings. The number of halogens is 2. The molecule has 0 spiro atoms. The number of fused-ring (bicyclic) bond motifs is 2. The van der Waals surface area contributed by atoms with E-state index in [1.54, 1.807) is 0 Å². The highest BCUT2D eigenvalue weighted by atomic mass is 19.3. The Kier molecular flexibility index (Phi) is 4.49. The average molecular weight is 403 g/mol. The molecule has 2 aromatic heterocycles. The van der Waals surface area contributed by atoms with Crippen LogP contribution >= 0.6 is 0 Å². The van der Waals surface area contributed by atoms with Crippen molar-refractivity contribution >= 4 is 11.6 Å². The van der Waals surface area contributed by atoms with Crippen molar-refractivity contribution in [3.05, 3.63) is 24.2 Å². The van der Waals surface area contributed by atoms with Crippen LogP contribution in [0.15, 0.2) is 18.3 Å². The Bertz CT molecular complexity index is 924. The molecule has 2 saturated heterocycles. The Balaban J connectivity index is 1.55. The molecule has 2 aliphatic heterocycles. The summed E-state index contributed by atoms with van der Waals surface area (Å²) in [6, 6.07) is 3.67. The van der Waals surface area contributed by atoms with Crippen molar-refractivity contribution < 1.29 is 18.3 Å². The molecule has 1 saturated carbocycles. The smallest absolute Gasteiger partial charge is 0.387 e. The molecule has 0 aromatic carbocycles. The molecule has 0 radical (unpaired) electrons. The minimum atomic E-state index is -2.97. The molecule has 2 bridgehead atoms. The van der Waals surface area contributed by atoms with Gasteiger partial charge in [0.2, 0.25) is 0 Å². The van der Waals surface area contributed by atoms with Gasteiger partial charge in [-0.1, -0.05) is 6.92 Å². The normalized spacial score (nSPS) is 24.3. The van der Waals surface area contributed by atoms with Crippen LogP contribution in [0, 0.1) is 5.92 Å². The fraction of sp³-hybridized carbons (Fsp3) is 0.550. The van der Waals surface area contributed by atoms with Gasteiger partial charge >= 0.3 is 6.61 Å². The van der Waals surface area contributed by atoms with Crippen molar-refractivity contribution in [3.8, 4) is 17.0 Å². The SMILES string of the molecule is CC(c1nc(-c2cnc(N)c(OC(F)F)c2)cc(N2C[C@@H]3C[C@H]2CO3)n1)C1CC1. The Hall–Kier alpha value is -2.55. The zero-order valence-electron chi connectivity index (χ0n) is 16.1. The van der Waals surface area contributed by atoms with Crippen molar-refractivity contribution in [1.29, 1.82) is 0 Å². The predicted octanol–water partition coefficient (Wildman–Crippen LogP) is 3.21. The van der Waals surface area contributed by atoms with Crippen LogP contribution < -0.4 is 15.4 Å². The molecule has 154 valence electrons. The summed E-state index contributed by atoms with van der Waals surface area (Å²) in [6.07, 6.45) is 5.14. The first-order valence-corrected chi connectivity index (χ1v) is 9.96. The number of hydrogen-bond acceptors (Lipinski definition) is 7. The lowest BCUT2D eigenvalue weighted by Gasteiger charge is -2.29. The second-order valence-corrected chi connectivity index (χ2v) is 8.08. The highest BCUT2D eigenvalue weighted by molar-refractivity contribution is 5.67. The van der Waals surface area contributed by atoms with E-state index >= 15 is 0 Å². The number of nitrogens with zero attached hydrogens (tertiary/aromatic N) is 4. The molecule has 3 atom stereocenters. The molecule has 3 fully saturated rings. The van der Waals surface area contributed by atoms with E-state index in [9.17, 15) is 8.78 Å². The van der Waals surface area contributed by atoms with Crippen molar-refractivity contribution in [2.75, 3.05) is 23.8 Å². The van der Waals surface area contributed by atoms with Gasteiger partial charge in [-0.15, -0.1) is 0 Å². The number of alkyl halides is 2. The third kappa shape index (κ3) is 3.59. The summed E-state index contributed by atoms with van der Waals surface area (Å²) in [4.78, 5) is 15.9. The molecule has 7 nitrogen and oxygen atoms in total. The van der Waals surface area contributed by atoms with Crippen LogP contribution in [-0.2, 0) is 4.74 Å². The number of hydrogen-bond donors (Lipinski definition) is 1. The Morgan fingerprint density at radius 2 is 2.10 bits per heavy atom. The lowest BCUT2D eigenvalue weighted by atomic mass is 10.1. The Labute approximate surface area is 167 Å². The van der Waals surface area contributed by atoms with Crippen LogP contribution in [0.1, 0.15) is 37.9 Å². The van der Waals surface area contributed by atoms with E-state index in [0.29, 0.717) is 29.8 Å². The highest BCUT2D eigenvalue weighted by Crippen LogP contribution is 2.42. The number of nitrogens with two attached hydrogens (primary N) is 1. The largest absolute Gasteiger partial charge is 0.431 e. The Morgan fingerprint density at radius 1 is 1.28 bits per heavy atom. The van der Waals surface area contributed by atoms with E-state index in [0.717, 1.165) is 24.6 Å². The molecule has 1 aliphatic carbocycles. The molecular weight excluding hydrogens is 380 g/mol. The van der Waals surface area contributed by atoms with Gasteiger partial charge in [-0.25, -0.2) is 15.0 Å². The van der Waals surface area contributed by atoms with Gasteiger partial charge in [-0.05, 0) is 31.2 Å². The number of ether oxygens (including phenoxy) is 2. The van der Waals surface area contributed by atoms with Crippen LogP contribution in [0.4, 0.5) is 20.4 Å². The zero-order valence-corrected chi connectivity index (χ0v) is 16.1. The first kappa shape index (κ1) is 18.5. The van der Waals surface area contributed by atoms with Crippen LogP contribution in [0.5, 0.6) is 5.75 Å². The van der Waals surface area contributed by atoms with E-state index in [2.05, 4.69) is 21.5 Å². The predicted molar refractivity (Wildman–Crippen MR) is 103 cm³/mol. The summed E-state index contributed by atoms with van der Waals surface area (Å²) in [5, 5.41) is 0. The van der Waals surface area contributed by atoms with E-state index in [-0.39, 0.29) is 23.6 Å². The van der Waals surface area contributed by atoms with Gasteiger partial charge in [0.05, 0.1) is 24.4 Å². The topological polar surface area (TPSA) is 86.4 Å². The number of aromatic nitrogens is 3. The molecule has 1 unspecified atom stereocenters. The maximum atomic E-state index is 12.7. The number of morpholine rings is 1. The standard InChI is InChI=1S/C20H23F2N5O2/c1-10(11-2-3-11)19-25-15(12-4-16(29-20(21)22)18(23)24-7-12)6-17(26-19)27-8-14-5-13(27)9-28-14/h4,6-7,10-11,13-14,20H,2-3,5,8-9H2,1H3,(H2,23,24)/t10?,13-,14-/m0/s1. The molecular formula is C20H23F2N5O2. The number of pyridine rings is 1. The highest BCUT2D eigenvalue weighted by Gasteiger charge is 2.40. The molecule has 3 aliphatic rings. The molecule has 9 heteroatoms. The summed E-state index contributed by atoms with van der Waals surface area (Å²) in [5.74, 6) is 2.23. The van der Waals surface area contributed by atoms with Crippen LogP contribution in [0.25, 0.3) is 11.3 Å². The molecule has 2 N–H and O–H groups in total. The fourth-order valence-electron chi connectivity index (χ4n) is 4.22. The van der Waals surface area contributed by atoms with Crippen LogP contribution in [0.2, 0.25) is 0 Å². The second kappa shape index (κ2) is 7.05. The first-order valence-electron chi connectivity index (χ1n) is 9.96. The van der Waals surface area contributed by atoms with Gasteiger partial charge in [-0.3, -0.25) is 0 Å². The van der Waals surface area contributed by atoms with Gasteiger partial charge in [0.1, 0.15) is 11.6 Å². The summed E-state index contributed by atoms with van der Waals surface area (Å²) in [5.41, 5.74) is 6.89. The lowest BCUT2D eigenvalue weighted by Crippen LogP contribution is -2.37. The van der Waals surface area contributed by atoms with Gasteiger partial charge < -0.3 is 20.1 Å². The van der Waals surface area contributed by atoms with E-state index in [1.807, 2.05) is 6.07 Å². The molecule has 4 heterocycles. The summed E-state index contributed by atoms with van der Waals surface area (Å²) < 4.78 is 35.6. The number of anilines is 2. The molecule has 29 heavy (non-hydrogen) atoms. The summed E-state index contributed by atoms with van der Waals surface area (Å²) >= 11 is 0. The van der Waals surface area contributed by atoms with Crippen molar-refractivity contribution in [2.45, 2.75) is 50.9 Å². The third-order valence-electron chi connectivity index (χ3n) is 6.05.